The molecule has 0 aliphatic heterocycles. The molecule has 1 heterocycles. The number of nitrogens with zero attached hydrogens (tertiary/aromatic N) is 1. The van der Waals surface area contributed by atoms with Crippen LogP contribution in [0, 0.1) is 0 Å². The SMILES string of the molecule is CCNC(Cc1ccccc1Br)c1ncccc1OC. The molecule has 0 amide bonds. The molecule has 0 aliphatic rings. The Morgan fingerprint density at radius 2 is 2.05 bits per heavy atom. The van der Waals surface area contributed by atoms with Gasteiger partial charge in [0.1, 0.15) is 5.75 Å². The zero-order chi connectivity index (χ0) is 14.4. The first kappa shape index (κ1) is 15.0. The lowest BCUT2D eigenvalue weighted by Crippen LogP contribution is -2.24. The van der Waals surface area contributed by atoms with Crippen LogP contribution in [0.25, 0.3) is 0 Å². The second kappa shape index (κ2) is 7.41. The quantitative estimate of drug-likeness (QED) is 0.873. The summed E-state index contributed by atoms with van der Waals surface area (Å²) in [6.45, 7) is 2.98. The van der Waals surface area contributed by atoms with Crippen LogP contribution in [0.15, 0.2) is 47.1 Å². The molecule has 1 unspecified atom stereocenters. The number of likely N-dealkylation sites (N-methyl/N-ethyl adjacent to an activating group) is 1. The molecule has 106 valence electrons. The minimum absolute atomic E-state index is 0.134. The van der Waals surface area contributed by atoms with Crippen LogP contribution in [0.1, 0.15) is 24.2 Å². The largest absolute Gasteiger partial charge is 0.495 e. The highest BCUT2D eigenvalue weighted by Crippen LogP contribution is 2.27. The monoisotopic (exact) mass is 334 g/mol. The molecule has 2 aromatic rings. The van der Waals surface area contributed by atoms with Crippen molar-refractivity contribution in [2.45, 2.75) is 19.4 Å². The molecular formula is C16H19BrN2O. The van der Waals surface area contributed by atoms with Gasteiger partial charge in [0.15, 0.2) is 0 Å². The summed E-state index contributed by atoms with van der Waals surface area (Å²) < 4.78 is 6.55. The fourth-order valence-corrected chi connectivity index (χ4v) is 2.68. The minimum atomic E-state index is 0.134. The third-order valence-electron chi connectivity index (χ3n) is 3.18. The van der Waals surface area contributed by atoms with Crippen molar-refractivity contribution in [2.24, 2.45) is 0 Å². The Labute approximate surface area is 128 Å². The van der Waals surface area contributed by atoms with Gasteiger partial charge in [-0.2, -0.15) is 0 Å². The fraction of sp³-hybridized carbons (Fsp3) is 0.312. The van der Waals surface area contributed by atoms with Gasteiger partial charge in [0.25, 0.3) is 0 Å². The van der Waals surface area contributed by atoms with Gasteiger partial charge < -0.3 is 10.1 Å². The lowest BCUT2D eigenvalue weighted by atomic mass is 10.0. The summed E-state index contributed by atoms with van der Waals surface area (Å²) in [7, 11) is 1.68. The molecule has 0 radical (unpaired) electrons. The van der Waals surface area contributed by atoms with Crippen molar-refractivity contribution >= 4 is 15.9 Å². The number of rotatable bonds is 6. The average molecular weight is 335 g/mol. The maximum absolute atomic E-state index is 5.43. The Balaban J connectivity index is 2.29. The lowest BCUT2D eigenvalue weighted by Gasteiger charge is -2.20. The van der Waals surface area contributed by atoms with Crippen LogP contribution >= 0.6 is 15.9 Å². The van der Waals surface area contributed by atoms with E-state index in [4.69, 9.17) is 4.74 Å². The number of hydrogen-bond acceptors (Lipinski definition) is 3. The van der Waals surface area contributed by atoms with E-state index in [-0.39, 0.29) is 6.04 Å². The number of halogens is 1. The second-order valence-corrected chi connectivity index (χ2v) is 5.35. The number of pyridine rings is 1. The van der Waals surface area contributed by atoms with Crippen LogP contribution in [-0.4, -0.2) is 18.6 Å². The van der Waals surface area contributed by atoms with Crippen molar-refractivity contribution in [3.8, 4) is 5.75 Å². The van der Waals surface area contributed by atoms with E-state index in [0.717, 1.165) is 28.9 Å². The standard InChI is InChI=1S/C16H19BrN2O/c1-3-18-14(11-12-7-4-5-8-13(12)17)16-15(20-2)9-6-10-19-16/h4-10,14,18H,3,11H2,1-2H3. The summed E-state index contributed by atoms with van der Waals surface area (Å²) in [6.07, 6.45) is 2.67. The molecule has 1 N–H and O–H groups in total. The van der Waals surface area contributed by atoms with Gasteiger partial charge in [-0.1, -0.05) is 41.1 Å². The topological polar surface area (TPSA) is 34.2 Å². The Hall–Kier alpha value is -1.39. The third-order valence-corrected chi connectivity index (χ3v) is 3.96. The Kier molecular flexibility index (Phi) is 5.56. The molecule has 0 bridgehead atoms. The zero-order valence-electron chi connectivity index (χ0n) is 11.8. The van der Waals surface area contributed by atoms with Crippen LogP contribution in [-0.2, 0) is 6.42 Å². The predicted octanol–water partition coefficient (Wildman–Crippen LogP) is 3.75. The van der Waals surface area contributed by atoms with Crippen LogP contribution < -0.4 is 10.1 Å². The minimum Gasteiger partial charge on any atom is -0.495 e. The van der Waals surface area contributed by atoms with Gasteiger partial charge in [-0.15, -0.1) is 0 Å². The molecular weight excluding hydrogens is 316 g/mol. The molecule has 1 atom stereocenters. The lowest BCUT2D eigenvalue weighted by molar-refractivity contribution is 0.394. The number of benzene rings is 1. The van der Waals surface area contributed by atoms with Crippen LogP contribution in [0.2, 0.25) is 0 Å². The highest BCUT2D eigenvalue weighted by atomic mass is 79.9. The normalized spacial score (nSPS) is 12.2. The predicted molar refractivity (Wildman–Crippen MR) is 85.1 cm³/mol. The van der Waals surface area contributed by atoms with E-state index < -0.39 is 0 Å². The smallest absolute Gasteiger partial charge is 0.141 e. The Bertz CT molecular complexity index is 560. The molecule has 1 aromatic carbocycles. The van der Waals surface area contributed by atoms with Crippen molar-refractivity contribution in [3.63, 3.8) is 0 Å². The first-order valence-electron chi connectivity index (χ1n) is 6.72. The van der Waals surface area contributed by atoms with Gasteiger partial charge in [0.05, 0.1) is 18.8 Å². The Morgan fingerprint density at radius 1 is 1.25 bits per heavy atom. The molecule has 0 saturated carbocycles. The maximum atomic E-state index is 5.43. The van der Waals surface area contributed by atoms with E-state index in [9.17, 15) is 0 Å². The van der Waals surface area contributed by atoms with Crippen molar-refractivity contribution in [1.82, 2.24) is 10.3 Å². The van der Waals surface area contributed by atoms with E-state index in [0.29, 0.717) is 0 Å². The van der Waals surface area contributed by atoms with Crippen molar-refractivity contribution in [3.05, 3.63) is 58.3 Å². The van der Waals surface area contributed by atoms with Crippen molar-refractivity contribution in [2.75, 3.05) is 13.7 Å². The first-order chi connectivity index (χ1) is 9.76. The first-order valence-corrected chi connectivity index (χ1v) is 7.51. The molecule has 0 aliphatic carbocycles. The summed E-state index contributed by atoms with van der Waals surface area (Å²) >= 11 is 3.60. The molecule has 0 spiro atoms. The van der Waals surface area contributed by atoms with Gasteiger partial charge in [-0.05, 0) is 36.7 Å². The summed E-state index contributed by atoms with van der Waals surface area (Å²) in [5.41, 5.74) is 2.21. The number of aromatic nitrogens is 1. The van der Waals surface area contributed by atoms with Crippen molar-refractivity contribution < 1.29 is 4.74 Å². The van der Waals surface area contributed by atoms with E-state index in [1.807, 2.05) is 24.4 Å². The molecule has 1 aromatic heterocycles. The second-order valence-electron chi connectivity index (χ2n) is 4.50. The van der Waals surface area contributed by atoms with Gasteiger partial charge in [0.2, 0.25) is 0 Å². The number of ether oxygens (including phenoxy) is 1. The molecule has 2 rings (SSSR count). The molecule has 0 saturated heterocycles. The van der Waals surface area contributed by atoms with Gasteiger partial charge in [0, 0.05) is 10.7 Å². The molecule has 4 heteroatoms. The van der Waals surface area contributed by atoms with E-state index >= 15 is 0 Å². The number of hydrogen-bond donors (Lipinski definition) is 1. The van der Waals surface area contributed by atoms with Gasteiger partial charge >= 0.3 is 0 Å². The molecule has 3 nitrogen and oxygen atoms in total. The van der Waals surface area contributed by atoms with Crippen LogP contribution in [0.4, 0.5) is 0 Å². The molecule has 20 heavy (non-hydrogen) atoms. The molecule has 0 fully saturated rings. The highest BCUT2D eigenvalue weighted by molar-refractivity contribution is 9.10. The number of nitrogens with one attached hydrogen (secondary N) is 1. The maximum Gasteiger partial charge on any atom is 0.141 e. The summed E-state index contributed by atoms with van der Waals surface area (Å²) in [6, 6.07) is 12.2. The highest BCUT2D eigenvalue weighted by Gasteiger charge is 2.18. The van der Waals surface area contributed by atoms with E-state index in [1.165, 1.54) is 5.56 Å². The van der Waals surface area contributed by atoms with Gasteiger partial charge in [-0.3, -0.25) is 4.98 Å². The summed E-state index contributed by atoms with van der Waals surface area (Å²) in [5, 5.41) is 3.49. The zero-order valence-corrected chi connectivity index (χ0v) is 13.4. The number of methoxy groups -OCH3 is 1. The summed E-state index contributed by atoms with van der Waals surface area (Å²) in [4.78, 5) is 4.49. The van der Waals surface area contributed by atoms with Crippen molar-refractivity contribution in [1.29, 1.82) is 0 Å². The third kappa shape index (κ3) is 3.58. The van der Waals surface area contributed by atoms with Crippen LogP contribution in [0.5, 0.6) is 5.75 Å². The summed E-state index contributed by atoms with van der Waals surface area (Å²) in [5.74, 6) is 0.825. The van der Waals surface area contributed by atoms with Crippen LogP contribution in [0.3, 0.4) is 0 Å². The van der Waals surface area contributed by atoms with E-state index in [1.54, 1.807) is 7.11 Å². The fourth-order valence-electron chi connectivity index (χ4n) is 2.23. The average Bonchev–Trinajstić information content (AvgIpc) is 2.49. The van der Waals surface area contributed by atoms with Gasteiger partial charge in [-0.25, -0.2) is 0 Å². The van der Waals surface area contributed by atoms with E-state index in [2.05, 4.69) is 51.4 Å². The Morgan fingerprint density at radius 3 is 2.75 bits per heavy atom.